The highest BCUT2D eigenvalue weighted by molar-refractivity contribution is 7.98. The summed E-state index contributed by atoms with van der Waals surface area (Å²) in [4.78, 5) is 0. The van der Waals surface area contributed by atoms with Crippen molar-refractivity contribution in [3.63, 3.8) is 0 Å². The highest BCUT2D eigenvalue weighted by Crippen LogP contribution is 2.20. The van der Waals surface area contributed by atoms with Crippen LogP contribution in [0.2, 0.25) is 0 Å². The van der Waals surface area contributed by atoms with E-state index in [1.807, 2.05) is 17.1 Å². The number of hydrogen-bond donors (Lipinski definition) is 2. The Kier molecular flexibility index (Phi) is 8.89. The molecule has 0 spiro atoms. The van der Waals surface area contributed by atoms with Gasteiger partial charge in [0.05, 0.1) is 0 Å². The monoisotopic (exact) mass is 350 g/mol. The smallest absolute Gasteiger partial charge is 0.250 e. The summed E-state index contributed by atoms with van der Waals surface area (Å²) >= 11 is 3.11. The second-order valence-electron chi connectivity index (χ2n) is 5.26. The Morgan fingerprint density at radius 3 is 2.71 bits per heavy atom. The lowest BCUT2D eigenvalue weighted by molar-refractivity contribution is 0.577. The van der Waals surface area contributed by atoms with Crippen molar-refractivity contribution in [3.8, 4) is 0 Å². The molecule has 0 amide bonds. The van der Waals surface area contributed by atoms with E-state index in [0.717, 1.165) is 30.6 Å². The number of hydrogen-bond acceptors (Lipinski definition) is 5. The quantitative estimate of drug-likeness (QED) is 0.602. The van der Waals surface area contributed by atoms with Crippen molar-refractivity contribution in [1.29, 1.82) is 0 Å². The van der Waals surface area contributed by atoms with Gasteiger partial charge in [0.15, 0.2) is 0 Å². The minimum atomic E-state index is -3.34. The molecule has 0 saturated heterocycles. The van der Waals surface area contributed by atoms with Crippen molar-refractivity contribution in [2.24, 2.45) is 0 Å². The third-order valence-electron chi connectivity index (χ3n) is 2.93. The van der Waals surface area contributed by atoms with E-state index in [1.165, 1.54) is 11.3 Å². The molecule has 122 valence electrons. The van der Waals surface area contributed by atoms with Gasteiger partial charge in [-0.2, -0.15) is 11.8 Å². The lowest BCUT2D eigenvalue weighted by Gasteiger charge is -2.06. The Morgan fingerprint density at radius 1 is 1.29 bits per heavy atom. The second kappa shape index (κ2) is 9.84. The summed E-state index contributed by atoms with van der Waals surface area (Å²) < 4.78 is 27.4. The Hall–Kier alpha value is -0.0800. The molecule has 0 aliphatic carbocycles. The molecule has 1 heterocycles. The largest absolute Gasteiger partial charge is 0.310 e. The molecule has 0 saturated carbocycles. The number of thiophene rings is 1. The lowest BCUT2D eigenvalue weighted by Crippen LogP contribution is -2.24. The van der Waals surface area contributed by atoms with E-state index in [0.29, 0.717) is 23.3 Å². The molecule has 0 unspecified atom stereocenters. The van der Waals surface area contributed by atoms with E-state index in [4.69, 9.17) is 0 Å². The van der Waals surface area contributed by atoms with Crippen LogP contribution in [0.4, 0.5) is 0 Å². The van der Waals surface area contributed by atoms with E-state index in [9.17, 15) is 8.42 Å². The van der Waals surface area contributed by atoms with Crippen LogP contribution in [0, 0.1) is 0 Å². The molecule has 0 atom stereocenters. The van der Waals surface area contributed by atoms with Gasteiger partial charge in [0.2, 0.25) is 10.0 Å². The minimum absolute atomic E-state index is 0.393. The van der Waals surface area contributed by atoms with Gasteiger partial charge in [-0.1, -0.05) is 20.3 Å². The third-order valence-corrected chi connectivity index (χ3v) is 6.57. The molecule has 21 heavy (non-hydrogen) atoms. The molecule has 0 aliphatic heterocycles. The van der Waals surface area contributed by atoms with E-state index in [1.54, 1.807) is 6.07 Å². The zero-order valence-corrected chi connectivity index (χ0v) is 15.5. The predicted octanol–water partition coefficient (Wildman–Crippen LogP) is 3.06. The summed E-state index contributed by atoms with van der Waals surface area (Å²) in [7, 11) is -3.34. The molecule has 0 radical (unpaired) electrons. The van der Waals surface area contributed by atoms with Crippen LogP contribution in [0.15, 0.2) is 15.7 Å². The van der Waals surface area contributed by atoms with Crippen molar-refractivity contribution < 1.29 is 8.42 Å². The van der Waals surface area contributed by atoms with Gasteiger partial charge in [0.25, 0.3) is 0 Å². The fraction of sp³-hybridized carbons (Fsp3) is 0.714. The van der Waals surface area contributed by atoms with Crippen LogP contribution in [0.1, 0.15) is 38.7 Å². The molecule has 7 heteroatoms. The Balaban J connectivity index is 2.40. The van der Waals surface area contributed by atoms with Crippen LogP contribution in [0.25, 0.3) is 0 Å². The second-order valence-corrected chi connectivity index (χ2v) is 9.15. The molecule has 2 N–H and O–H groups in total. The fourth-order valence-corrected chi connectivity index (χ4v) is 4.56. The van der Waals surface area contributed by atoms with Crippen molar-refractivity contribution >= 4 is 33.1 Å². The van der Waals surface area contributed by atoms with Crippen molar-refractivity contribution in [1.82, 2.24) is 10.0 Å². The molecule has 0 bridgehead atoms. The zero-order valence-electron chi connectivity index (χ0n) is 13.0. The molecule has 4 nitrogen and oxygen atoms in total. The molecule has 0 aromatic carbocycles. The van der Waals surface area contributed by atoms with E-state index in [-0.39, 0.29) is 0 Å². The van der Waals surface area contributed by atoms with Gasteiger partial charge >= 0.3 is 0 Å². The first-order valence-electron chi connectivity index (χ1n) is 7.25. The Bertz CT molecular complexity index is 498. The number of rotatable bonds is 11. The predicted molar refractivity (Wildman–Crippen MR) is 93.7 cm³/mol. The molecule has 1 rings (SSSR count). The standard InChI is InChI=1S/C14H26N2O2S3/c1-12(2)15-10-13-9-14(20-11-13)21(17,18)16-7-5-4-6-8-19-3/h9,11-12,15-16H,4-8,10H2,1-3H3. The van der Waals surface area contributed by atoms with Crippen LogP contribution >= 0.6 is 23.1 Å². The van der Waals surface area contributed by atoms with Crippen LogP contribution in [-0.4, -0.2) is 33.0 Å². The summed E-state index contributed by atoms with van der Waals surface area (Å²) in [6.45, 7) is 5.37. The molecule has 0 fully saturated rings. The first-order valence-corrected chi connectivity index (χ1v) is 11.0. The van der Waals surface area contributed by atoms with Gasteiger partial charge in [0.1, 0.15) is 4.21 Å². The van der Waals surface area contributed by atoms with E-state index < -0.39 is 10.0 Å². The van der Waals surface area contributed by atoms with Gasteiger partial charge in [-0.3, -0.25) is 0 Å². The number of nitrogens with one attached hydrogen (secondary N) is 2. The fourth-order valence-electron chi connectivity index (χ4n) is 1.73. The average molecular weight is 351 g/mol. The first kappa shape index (κ1) is 19.0. The molecular formula is C14H26N2O2S3. The highest BCUT2D eigenvalue weighted by Gasteiger charge is 2.16. The summed E-state index contributed by atoms with van der Waals surface area (Å²) in [5.41, 5.74) is 1.02. The molecule has 0 aliphatic rings. The zero-order chi connectivity index (χ0) is 15.7. The maximum atomic E-state index is 12.1. The van der Waals surface area contributed by atoms with Crippen molar-refractivity contribution in [2.45, 2.75) is 49.9 Å². The number of sulfonamides is 1. The highest BCUT2D eigenvalue weighted by atomic mass is 32.2. The molecular weight excluding hydrogens is 324 g/mol. The van der Waals surface area contributed by atoms with Crippen LogP contribution in [0.5, 0.6) is 0 Å². The SMILES string of the molecule is CSCCCCCNS(=O)(=O)c1cc(CNC(C)C)cs1. The summed E-state index contributed by atoms with van der Waals surface area (Å²) in [5.74, 6) is 1.14. The topological polar surface area (TPSA) is 58.2 Å². The third kappa shape index (κ3) is 7.65. The maximum absolute atomic E-state index is 12.1. The number of unbranched alkanes of at least 4 members (excludes halogenated alkanes) is 2. The van der Waals surface area contributed by atoms with Gasteiger partial charge in [-0.25, -0.2) is 13.1 Å². The first-order chi connectivity index (χ1) is 9.95. The van der Waals surface area contributed by atoms with Crippen LogP contribution in [-0.2, 0) is 16.6 Å². The Morgan fingerprint density at radius 2 is 2.05 bits per heavy atom. The van der Waals surface area contributed by atoms with Gasteiger partial charge in [-0.05, 0) is 41.9 Å². The number of thioether (sulfide) groups is 1. The van der Waals surface area contributed by atoms with Gasteiger partial charge in [-0.15, -0.1) is 11.3 Å². The summed E-state index contributed by atoms with van der Waals surface area (Å²) in [6, 6.07) is 2.15. The van der Waals surface area contributed by atoms with Crippen LogP contribution in [0.3, 0.4) is 0 Å². The van der Waals surface area contributed by atoms with Crippen LogP contribution < -0.4 is 10.0 Å². The summed E-state index contributed by atoms with van der Waals surface area (Å²) in [5, 5.41) is 5.19. The van der Waals surface area contributed by atoms with Crippen molar-refractivity contribution in [3.05, 3.63) is 17.0 Å². The van der Waals surface area contributed by atoms with E-state index in [2.05, 4.69) is 30.1 Å². The molecule has 1 aromatic rings. The van der Waals surface area contributed by atoms with Gasteiger partial charge < -0.3 is 5.32 Å². The van der Waals surface area contributed by atoms with E-state index >= 15 is 0 Å². The lowest BCUT2D eigenvalue weighted by atomic mass is 10.2. The van der Waals surface area contributed by atoms with Gasteiger partial charge in [0, 0.05) is 19.1 Å². The summed E-state index contributed by atoms with van der Waals surface area (Å²) in [6.07, 6.45) is 5.20. The average Bonchev–Trinajstić information content (AvgIpc) is 2.90. The minimum Gasteiger partial charge on any atom is -0.310 e. The maximum Gasteiger partial charge on any atom is 0.250 e. The van der Waals surface area contributed by atoms with Crippen molar-refractivity contribution in [2.75, 3.05) is 18.6 Å². The molecule has 1 aromatic heterocycles. The Labute approximate surface area is 137 Å². The normalized spacial score (nSPS) is 12.2.